The smallest absolute Gasteiger partial charge is 0.134 e. The van der Waals surface area contributed by atoms with Crippen LogP contribution in [0.25, 0.3) is 11.0 Å². The van der Waals surface area contributed by atoms with E-state index in [9.17, 15) is 0 Å². The van der Waals surface area contributed by atoms with Crippen molar-refractivity contribution in [1.82, 2.24) is 5.32 Å². The zero-order valence-electron chi connectivity index (χ0n) is 10.2. The van der Waals surface area contributed by atoms with Gasteiger partial charge < -0.3 is 9.73 Å². The van der Waals surface area contributed by atoms with Crippen LogP contribution in [0.15, 0.2) is 34.9 Å². The minimum atomic E-state index is 0.319. The zero-order chi connectivity index (χ0) is 11.6. The number of para-hydroxylation sites is 1. The molecule has 2 aromatic rings. The van der Waals surface area contributed by atoms with Crippen LogP contribution in [0.3, 0.4) is 0 Å². The summed E-state index contributed by atoms with van der Waals surface area (Å²) in [6.45, 7) is 8.56. The van der Waals surface area contributed by atoms with E-state index in [1.165, 1.54) is 10.9 Å². The lowest BCUT2D eigenvalue weighted by Crippen LogP contribution is -2.26. The third kappa shape index (κ3) is 2.64. The van der Waals surface area contributed by atoms with Crippen LogP contribution in [0.4, 0.5) is 0 Å². The summed E-state index contributed by atoms with van der Waals surface area (Å²) in [5, 5.41) is 4.67. The van der Waals surface area contributed by atoms with Crippen molar-refractivity contribution in [3.63, 3.8) is 0 Å². The molecule has 0 radical (unpaired) electrons. The number of furan rings is 1. The Bertz CT molecular complexity index is 465. The first kappa shape index (κ1) is 11.2. The second kappa shape index (κ2) is 4.30. The van der Waals surface area contributed by atoms with Gasteiger partial charge in [0.15, 0.2) is 0 Å². The second-order valence-electron chi connectivity index (χ2n) is 5.42. The summed E-state index contributed by atoms with van der Waals surface area (Å²) < 4.78 is 5.49. The predicted molar refractivity (Wildman–Crippen MR) is 67.4 cm³/mol. The molecule has 86 valence electrons. The maximum absolute atomic E-state index is 5.49. The molecule has 16 heavy (non-hydrogen) atoms. The Morgan fingerprint density at radius 3 is 2.69 bits per heavy atom. The van der Waals surface area contributed by atoms with Gasteiger partial charge in [-0.05, 0) is 11.5 Å². The SMILES string of the molecule is CC(C)(C)CNCc1coc2ccccc12. The average Bonchev–Trinajstić information content (AvgIpc) is 2.60. The maximum Gasteiger partial charge on any atom is 0.134 e. The number of hydrogen-bond donors (Lipinski definition) is 1. The van der Waals surface area contributed by atoms with Crippen molar-refractivity contribution in [3.8, 4) is 0 Å². The highest BCUT2D eigenvalue weighted by molar-refractivity contribution is 5.80. The van der Waals surface area contributed by atoms with Gasteiger partial charge in [0.25, 0.3) is 0 Å². The van der Waals surface area contributed by atoms with Gasteiger partial charge in [-0.1, -0.05) is 39.0 Å². The summed E-state index contributed by atoms with van der Waals surface area (Å²) in [4.78, 5) is 0. The minimum Gasteiger partial charge on any atom is -0.464 e. The van der Waals surface area contributed by atoms with Crippen molar-refractivity contribution in [2.45, 2.75) is 27.3 Å². The molecule has 0 aliphatic carbocycles. The third-order valence-corrected chi connectivity index (χ3v) is 2.53. The molecule has 0 aliphatic rings. The predicted octanol–water partition coefficient (Wildman–Crippen LogP) is 3.57. The molecule has 2 rings (SSSR count). The molecule has 0 fully saturated rings. The summed E-state index contributed by atoms with van der Waals surface area (Å²) in [5.41, 5.74) is 2.52. The standard InChI is InChI=1S/C14H19NO/c1-14(2,3)10-15-8-11-9-16-13-7-5-4-6-12(11)13/h4-7,9,15H,8,10H2,1-3H3. The summed E-state index contributed by atoms with van der Waals surface area (Å²) >= 11 is 0. The largest absolute Gasteiger partial charge is 0.464 e. The van der Waals surface area contributed by atoms with E-state index >= 15 is 0 Å². The molecule has 2 nitrogen and oxygen atoms in total. The van der Waals surface area contributed by atoms with Crippen LogP contribution < -0.4 is 5.32 Å². The minimum absolute atomic E-state index is 0.319. The van der Waals surface area contributed by atoms with Gasteiger partial charge in [0.05, 0.1) is 6.26 Å². The molecule has 2 heteroatoms. The lowest BCUT2D eigenvalue weighted by molar-refractivity contribution is 0.379. The summed E-state index contributed by atoms with van der Waals surface area (Å²) in [5.74, 6) is 0. The van der Waals surface area contributed by atoms with E-state index in [0.717, 1.165) is 18.7 Å². The first-order chi connectivity index (χ1) is 7.56. The fourth-order valence-corrected chi connectivity index (χ4v) is 1.74. The normalized spacial score (nSPS) is 12.2. The fraction of sp³-hybridized carbons (Fsp3) is 0.429. The van der Waals surface area contributed by atoms with E-state index in [1.807, 2.05) is 24.5 Å². The Balaban J connectivity index is 2.05. The quantitative estimate of drug-likeness (QED) is 0.850. The highest BCUT2D eigenvalue weighted by atomic mass is 16.3. The van der Waals surface area contributed by atoms with Gasteiger partial charge in [0.2, 0.25) is 0 Å². The van der Waals surface area contributed by atoms with Gasteiger partial charge in [-0.15, -0.1) is 0 Å². The van der Waals surface area contributed by atoms with Crippen LogP contribution in [0.5, 0.6) is 0 Å². The van der Waals surface area contributed by atoms with E-state index in [4.69, 9.17) is 4.42 Å². The van der Waals surface area contributed by atoms with Crippen molar-refractivity contribution in [2.24, 2.45) is 5.41 Å². The van der Waals surface area contributed by atoms with Crippen molar-refractivity contribution >= 4 is 11.0 Å². The van der Waals surface area contributed by atoms with E-state index in [1.54, 1.807) is 0 Å². The Morgan fingerprint density at radius 1 is 1.19 bits per heavy atom. The summed E-state index contributed by atoms with van der Waals surface area (Å²) in [6.07, 6.45) is 1.85. The molecule has 0 bridgehead atoms. The summed E-state index contributed by atoms with van der Waals surface area (Å²) in [6, 6.07) is 8.15. The first-order valence-electron chi connectivity index (χ1n) is 5.72. The number of rotatable bonds is 3. The number of fused-ring (bicyclic) bond motifs is 1. The monoisotopic (exact) mass is 217 g/mol. The molecule has 0 saturated carbocycles. The van der Waals surface area contributed by atoms with Crippen molar-refractivity contribution < 1.29 is 4.42 Å². The van der Waals surface area contributed by atoms with Gasteiger partial charge in [-0.2, -0.15) is 0 Å². The van der Waals surface area contributed by atoms with Crippen LogP contribution in [0, 0.1) is 5.41 Å². The van der Waals surface area contributed by atoms with Crippen LogP contribution in [-0.4, -0.2) is 6.54 Å². The van der Waals surface area contributed by atoms with E-state index in [2.05, 4.69) is 32.2 Å². The van der Waals surface area contributed by atoms with E-state index in [-0.39, 0.29) is 0 Å². The molecule has 0 amide bonds. The van der Waals surface area contributed by atoms with Gasteiger partial charge in [0, 0.05) is 24.0 Å². The molecule has 0 aliphatic heterocycles. The van der Waals surface area contributed by atoms with E-state index in [0.29, 0.717) is 5.41 Å². The lowest BCUT2D eigenvalue weighted by atomic mass is 9.97. The highest BCUT2D eigenvalue weighted by Gasteiger charge is 2.10. The van der Waals surface area contributed by atoms with Crippen LogP contribution in [-0.2, 0) is 6.54 Å². The van der Waals surface area contributed by atoms with E-state index < -0.39 is 0 Å². The lowest BCUT2D eigenvalue weighted by Gasteiger charge is -2.18. The molecule has 0 spiro atoms. The van der Waals surface area contributed by atoms with Gasteiger partial charge in [-0.3, -0.25) is 0 Å². The highest BCUT2D eigenvalue weighted by Crippen LogP contribution is 2.20. The molecule has 0 atom stereocenters. The van der Waals surface area contributed by atoms with Gasteiger partial charge in [0.1, 0.15) is 5.58 Å². The van der Waals surface area contributed by atoms with Crippen LogP contribution >= 0.6 is 0 Å². The van der Waals surface area contributed by atoms with Crippen LogP contribution in [0.1, 0.15) is 26.3 Å². The van der Waals surface area contributed by atoms with Crippen molar-refractivity contribution in [1.29, 1.82) is 0 Å². The second-order valence-corrected chi connectivity index (χ2v) is 5.42. The molecule has 1 N–H and O–H groups in total. The first-order valence-corrected chi connectivity index (χ1v) is 5.72. The van der Waals surface area contributed by atoms with Crippen molar-refractivity contribution in [3.05, 3.63) is 36.1 Å². The molecular weight excluding hydrogens is 198 g/mol. The Morgan fingerprint density at radius 2 is 1.94 bits per heavy atom. The Labute approximate surface area is 96.6 Å². The Kier molecular flexibility index (Phi) is 3.01. The fourth-order valence-electron chi connectivity index (χ4n) is 1.74. The van der Waals surface area contributed by atoms with Gasteiger partial charge >= 0.3 is 0 Å². The third-order valence-electron chi connectivity index (χ3n) is 2.53. The number of benzene rings is 1. The number of nitrogens with one attached hydrogen (secondary N) is 1. The topological polar surface area (TPSA) is 25.2 Å². The molecule has 0 unspecified atom stereocenters. The molecule has 1 aromatic carbocycles. The van der Waals surface area contributed by atoms with Crippen molar-refractivity contribution in [2.75, 3.05) is 6.54 Å². The molecular formula is C14H19NO. The van der Waals surface area contributed by atoms with Crippen LogP contribution in [0.2, 0.25) is 0 Å². The number of hydrogen-bond acceptors (Lipinski definition) is 2. The van der Waals surface area contributed by atoms with Gasteiger partial charge in [-0.25, -0.2) is 0 Å². The zero-order valence-corrected chi connectivity index (χ0v) is 10.2. The Hall–Kier alpha value is -1.28. The molecule has 1 heterocycles. The summed E-state index contributed by atoms with van der Waals surface area (Å²) in [7, 11) is 0. The maximum atomic E-state index is 5.49. The molecule has 0 saturated heterocycles. The average molecular weight is 217 g/mol. The molecule has 1 aromatic heterocycles.